The van der Waals surface area contributed by atoms with Crippen molar-refractivity contribution in [2.75, 3.05) is 0 Å². The van der Waals surface area contributed by atoms with Crippen LogP contribution in [0.15, 0.2) is 30.6 Å². The summed E-state index contributed by atoms with van der Waals surface area (Å²) in [6.45, 7) is 2.29. The molecule has 0 aliphatic heterocycles. The summed E-state index contributed by atoms with van der Waals surface area (Å²) in [5.41, 5.74) is 2.28. The van der Waals surface area contributed by atoms with Crippen molar-refractivity contribution >= 4 is 11.6 Å². The first kappa shape index (κ1) is 12.3. The third-order valence-electron chi connectivity index (χ3n) is 3.10. The largest absolute Gasteiger partial charge is 0.476 e. The van der Waals surface area contributed by atoms with Gasteiger partial charge in [0.2, 0.25) is 0 Å². The van der Waals surface area contributed by atoms with Gasteiger partial charge in [-0.25, -0.2) is 14.5 Å². The van der Waals surface area contributed by atoms with E-state index >= 15 is 0 Å². The Bertz CT molecular complexity index is 741. The van der Waals surface area contributed by atoms with Crippen molar-refractivity contribution < 1.29 is 9.90 Å². The number of carboxylic acid groups (broad SMARTS) is 1. The molecule has 3 aromatic heterocycles. The molecule has 0 bridgehead atoms. The highest BCUT2D eigenvalue weighted by atomic mass is 16.4. The van der Waals surface area contributed by atoms with Crippen LogP contribution in [0.5, 0.6) is 0 Å². The van der Waals surface area contributed by atoms with Crippen molar-refractivity contribution in [2.24, 2.45) is 0 Å². The molecule has 0 spiro atoms. The van der Waals surface area contributed by atoms with E-state index in [1.54, 1.807) is 4.68 Å². The van der Waals surface area contributed by atoms with Crippen molar-refractivity contribution in [3.05, 3.63) is 47.7 Å². The number of pyridine rings is 1. The van der Waals surface area contributed by atoms with Crippen LogP contribution in [0, 0.1) is 0 Å². The van der Waals surface area contributed by atoms with E-state index in [0.29, 0.717) is 18.7 Å². The normalized spacial score (nSPS) is 11.1. The van der Waals surface area contributed by atoms with E-state index in [2.05, 4.69) is 15.3 Å². The van der Waals surface area contributed by atoms with E-state index in [9.17, 15) is 4.79 Å². The second-order valence-electron chi connectivity index (χ2n) is 4.40. The number of carbonyl (C=O) groups is 1. The molecule has 0 radical (unpaired) electrons. The molecule has 0 saturated heterocycles. The third-order valence-corrected chi connectivity index (χ3v) is 3.10. The van der Waals surface area contributed by atoms with Crippen LogP contribution in [0.3, 0.4) is 0 Å². The summed E-state index contributed by atoms with van der Waals surface area (Å²) in [5.74, 6) is -1.05. The number of fused-ring (bicyclic) bond motifs is 1. The fraction of sp³-hybridized carbons (Fsp3) is 0.231. The minimum absolute atomic E-state index is 0.0104. The summed E-state index contributed by atoms with van der Waals surface area (Å²) in [6.07, 6.45) is 4.37. The van der Waals surface area contributed by atoms with Crippen LogP contribution in [0.2, 0.25) is 0 Å². The van der Waals surface area contributed by atoms with Gasteiger partial charge in [0, 0.05) is 12.4 Å². The number of aromatic nitrogens is 5. The summed E-state index contributed by atoms with van der Waals surface area (Å²) in [6, 6.07) is 5.75. The molecule has 3 aromatic rings. The lowest BCUT2D eigenvalue weighted by Crippen LogP contribution is -2.08. The highest BCUT2D eigenvalue weighted by Crippen LogP contribution is 2.10. The Morgan fingerprint density at radius 1 is 1.40 bits per heavy atom. The van der Waals surface area contributed by atoms with Crippen LogP contribution in [-0.4, -0.2) is 35.5 Å². The number of hydrogen-bond acceptors (Lipinski definition) is 4. The van der Waals surface area contributed by atoms with E-state index in [1.807, 2.05) is 41.9 Å². The fourth-order valence-corrected chi connectivity index (χ4v) is 2.19. The average molecular weight is 271 g/mol. The summed E-state index contributed by atoms with van der Waals surface area (Å²) in [4.78, 5) is 15.5. The van der Waals surface area contributed by atoms with Gasteiger partial charge in [0.05, 0.1) is 17.9 Å². The van der Waals surface area contributed by atoms with Gasteiger partial charge in [0.15, 0.2) is 5.69 Å². The number of imidazole rings is 1. The SMILES string of the molecule is CCc1c(C(=O)O)nnn1Cc1cn2ccccc2n1. The zero-order chi connectivity index (χ0) is 14.1. The number of hydrogen-bond donors (Lipinski definition) is 1. The lowest BCUT2D eigenvalue weighted by atomic mass is 10.2. The van der Waals surface area contributed by atoms with Crippen molar-refractivity contribution in [1.82, 2.24) is 24.4 Å². The number of aromatic carboxylic acids is 1. The third kappa shape index (κ3) is 2.03. The standard InChI is InChI=1S/C13H13N5O2/c1-2-10-12(13(19)20)15-16-18(10)8-9-7-17-6-4-3-5-11(17)14-9/h3-7H,2,8H2,1H3,(H,19,20). The van der Waals surface area contributed by atoms with Gasteiger partial charge in [-0.05, 0) is 18.6 Å². The molecule has 0 unspecified atom stereocenters. The Labute approximate surface area is 114 Å². The van der Waals surface area contributed by atoms with Crippen molar-refractivity contribution in [3.8, 4) is 0 Å². The van der Waals surface area contributed by atoms with Crippen molar-refractivity contribution in [2.45, 2.75) is 19.9 Å². The van der Waals surface area contributed by atoms with E-state index < -0.39 is 5.97 Å². The summed E-state index contributed by atoms with van der Waals surface area (Å²) in [5, 5.41) is 16.7. The molecule has 0 aliphatic rings. The van der Waals surface area contributed by atoms with Crippen LogP contribution in [0.4, 0.5) is 0 Å². The highest BCUT2D eigenvalue weighted by Gasteiger charge is 2.17. The van der Waals surface area contributed by atoms with E-state index in [1.165, 1.54) is 0 Å². The maximum atomic E-state index is 11.1. The lowest BCUT2D eigenvalue weighted by Gasteiger charge is -2.02. The van der Waals surface area contributed by atoms with Gasteiger partial charge >= 0.3 is 5.97 Å². The Hall–Kier alpha value is -2.70. The molecule has 20 heavy (non-hydrogen) atoms. The maximum Gasteiger partial charge on any atom is 0.358 e. The molecule has 1 N–H and O–H groups in total. The Balaban J connectivity index is 1.96. The molecule has 102 valence electrons. The lowest BCUT2D eigenvalue weighted by molar-refractivity contribution is 0.0689. The second kappa shape index (κ2) is 4.76. The van der Waals surface area contributed by atoms with Crippen LogP contribution in [-0.2, 0) is 13.0 Å². The first-order chi connectivity index (χ1) is 9.69. The van der Waals surface area contributed by atoms with Crippen LogP contribution in [0.1, 0.15) is 28.8 Å². The zero-order valence-corrected chi connectivity index (χ0v) is 10.9. The zero-order valence-electron chi connectivity index (χ0n) is 10.9. The Morgan fingerprint density at radius 3 is 2.95 bits per heavy atom. The predicted octanol–water partition coefficient (Wildman–Crippen LogP) is 1.23. The molecule has 3 heterocycles. The van der Waals surface area contributed by atoms with Gasteiger partial charge in [-0.3, -0.25) is 0 Å². The first-order valence-corrected chi connectivity index (χ1v) is 6.27. The smallest absolute Gasteiger partial charge is 0.358 e. The minimum atomic E-state index is -1.05. The molecule has 0 saturated carbocycles. The summed E-state index contributed by atoms with van der Waals surface area (Å²) >= 11 is 0. The van der Waals surface area contributed by atoms with Gasteiger partial charge in [0.25, 0.3) is 0 Å². The van der Waals surface area contributed by atoms with Gasteiger partial charge in [0.1, 0.15) is 5.65 Å². The fourth-order valence-electron chi connectivity index (χ4n) is 2.19. The predicted molar refractivity (Wildman–Crippen MR) is 70.7 cm³/mol. The van der Waals surface area contributed by atoms with E-state index in [0.717, 1.165) is 11.3 Å². The van der Waals surface area contributed by atoms with Crippen LogP contribution in [0.25, 0.3) is 5.65 Å². The van der Waals surface area contributed by atoms with Crippen molar-refractivity contribution in [3.63, 3.8) is 0 Å². The average Bonchev–Trinajstić information content (AvgIpc) is 3.01. The molecular formula is C13H13N5O2. The maximum absolute atomic E-state index is 11.1. The highest BCUT2D eigenvalue weighted by molar-refractivity contribution is 5.86. The Kier molecular flexibility index (Phi) is 2.94. The molecule has 0 aromatic carbocycles. The molecule has 3 rings (SSSR count). The molecule has 7 heteroatoms. The van der Waals surface area contributed by atoms with Gasteiger partial charge in [-0.1, -0.05) is 18.2 Å². The van der Waals surface area contributed by atoms with E-state index in [4.69, 9.17) is 5.11 Å². The van der Waals surface area contributed by atoms with E-state index in [-0.39, 0.29) is 5.69 Å². The van der Waals surface area contributed by atoms with Crippen LogP contribution >= 0.6 is 0 Å². The summed E-state index contributed by atoms with van der Waals surface area (Å²) < 4.78 is 3.50. The molecule has 0 aliphatic carbocycles. The summed E-state index contributed by atoms with van der Waals surface area (Å²) in [7, 11) is 0. The number of rotatable bonds is 4. The topological polar surface area (TPSA) is 85.3 Å². The van der Waals surface area contributed by atoms with Gasteiger partial charge in [-0.15, -0.1) is 5.10 Å². The quantitative estimate of drug-likeness (QED) is 0.771. The molecule has 0 fully saturated rings. The molecular weight excluding hydrogens is 258 g/mol. The van der Waals surface area contributed by atoms with Gasteiger partial charge in [-0.2, -0.15) is 0 Å². The number of nitrogens with zero attached hydrogens (tertiary/aromatic N) is 5. The first-order valence-electron chi connectivity index (χ1n) is 6.27. The minimum Gasteiger partial charge on any atom is -0.476 e. The number of carboxylic acids is 1. The monoisotopic (exact) mass is 271 g/mol. The Morgan fingerprint density at radius 2 is 2.25 bits per heavy atom. The molecule has 0 atom stereocenters. The van der Waals surface area contributed by atoms with Crippen molar-refractivity contribution in [1.29, 1.82) is 0 Å². The van der Waals surface area contributed by atoms with Crippen LogP contribution < -0.4 is 0 Å². The molecule has 7 nitrogen and oxygen atoms in total. The van der Waals surface area contributed by atoms with Gasteiger partial charge < -0.3 is 9.51 Å². The second-order valence-corrected chi connectivity index (χ2v) is 4.40. The molecule has 0 amide bonds.